The molecule has 0 bridgehead atoms. The van der Waals surface area contributed by atoms with Crippen LogP contribution in [0.4, 0.5) is 0 Å². The molecule has 0 N–H and O–H groups in total. The van der Waals surface area contributed by atoms with Crippen molar-refractivity contribution in [3.63, 3.8) is 0 Å². The van der Waals surface area contributed by atoms with Crippen LogP contribution in [0.25, 0.3) is 0 Å². The van der Waals surface area contributed by atoms with Gasteiger partial charge in [-0.05, 0) is 24.7 Å². The summed E-state index contributed by atoms with van der Waals surface area (Å²) in [6.45, 7) is 6.30. The SMILES string of the molecule is CC1CC(C)(C)CCC1(N=C=O)N=C=O. The van der Waals surface area contributed by atoms with Crippen LogP contribution in [0.5, 0.6) is 0 Å². The highest BCUT2D eigenvalue weighted by Crippen LogP contribution is 2.46. The molecule has 1 unspecified atom stereocenters. The van der Waals surface area contributed by atoms with Gasteiger partial charge in [0.05, 0.1) is 0 Å². The number of isocyanates is 2. The Morgan fingerprint density at radius 3 is 2.07 bits per heavy atom. The number of carbonyl (C=O) groups excluding carboxylic acids is 2. The molecule has 0 spiro atoms. The zero-order valence-electron chi connectivity index (χ0n) is 9.41. The third kappa shape index (κ3) is 2.41. The minimum absolute atomic E-state index is 0.0733. The topological polar surface area (TPSA) is 58.9 Å². The molecule has 1 fully saturated rings. The first-order valence-corrected chi connectivity index (χ1v) is 5.14. The molecule has 0 aromatic rings. The van der Waals surface area contributed by atoms with Gasteiger partial charge in [0.25, 0.3) is 0 Å². The van der Waals surface area contributed by atoms with Gasteiger partial charge >= 0.3 is 0 Å². The summed E-state index contributed by atoms with van der Waals surface area (Å²) >= 11 is 0. The van der Waals surface area contributed by atoms with Gasteiger partial charge in [0.15, 0.2) is 5.66 Å². The lowest BCUT2D eigenvalue weighted by Gasteiger charge is -2.41. The van der Waals surface area contributed by atoms with Crippen LogP contribution in [0, 0.1) is 11.3 Å². The molecule has 4 nitrogen and oxygen atoms in total. The van der Waals surface area contributed by atoms with Crippen molar-refractivity contribution in [1.29, 1.82) is 0 Å². The normalized spacial score (nSPS) is 33.7. The van der Waals surface area contributed by atoms with E-state index >= 15 is 0 Å². The molecule has 0 saturated heterocycles. The van der Waals surface area contributed by atoms with Gasteiger partial charge < -0.3 is 0 Å². The van der Waals surface area contributed by atoms with E-state index in [1.807, 2.05) is 6.92 Å². The van der Waals surface area contributed by atoms with Crippen molar-refractivity contribution >= 4 is 12.2 Å². The highest BCUT2D eigenvalue weighted by molar-refractivity contribution is 5.39. The fraction of sp³-hybridized carbons (Fsp3) is 0.818. The smallest absolute Gasteiger partial charge is 0.211 e. The van der Waals surface area contributed by atoms with Crippen molar-refractivity contribution in [2.24, 2.45) is 21.3 Å². The minimum atomic E-state index is -0.904. The van der Waals surface area contributed by atoms with Crippen LogP contribution in [0.2, 0.25) is 0 Å². The lowest BCUT2D eigenvalue weighted by atomic mass is 9.68. The van der Waals surface area contributed by atoms with E-state index in [0.29, 0.717) is 6.42 Å². The first-order chi connectivity index (χ1) is 6.96. The molecule has 15 heavy (non-hydrogen) atoms. The van der Waals surface area contributed by atoms with Gasteiger partial charge in [-0.1, -0.05) is 20.8 Å². The van der Waals surface area contributed by atoms with Gasteiger partial charge in [0.2, 0.25) is 12.2 Å². The molecule has 1 aliphatic rings. The summed E-state index contributed by atoms with van der Waals surface area (Å²) in [6, 6.07) is 0. The summed E-state index contributed by atoms with van der Waals surface area (Å²) in [6.07, 6.45) is 5.45. The number of aliphatic imine (C=N–C) groups is 2. The maximum Gasteiger partial charge on any atom is 0.237 e. The number of hydrogen-bond donors (Lipinski definition) is 0. The molecule has 4 heteroatoms. The van der Waals surface area contributed by atoms with Crippen LogP contribution < -0.4 is 0 Å². The quantitative estimate of drug-likeness (QED) is 0.516. The van der Waals surface area contributed by atoms with Crippen molar-refractivity contribution in [1.82, 2.24) is 0 Å². The van der Waals surface area contributed by atoms with Crippen molar-refractivity contribution < 1.29 is 9.59 Å². The standard InChI is InChI=1S/C11H16N2O2/c1-9-6-10(2,3)4-5-11(9,12-7-14)13-8-15/h9H,4-6H2,1-3H3. The average Bonchev–Trinajstić information content (AvgIpc) is 2.12. The Bertz CT molecular complexity index is 318. The van der Waals surface area contributed by atoms with Crippen LogP contribution in [-0.4, -0.2) is 17.8 Å². The van der Waals surface area contributed by atoms with Gasteiger partial charge in [-0.25, -0.2) is 9.59 Å². The Balaban J connectivity index is 3.02. The van der Waals surface area contributed by atoms with Gasteiger partial charge in [-0.2, -0.15) is 9.98 Å². The molecule has 1 atom stereocenters. The maximum absolute atomic E-state index is 10.4. The Labute approximate surface area is 89.5 Å². The fourth-order valence-electron chi connectivity index (χ4n) is 2.38. The zero-order valence-corrected chi connectivity index (χ0v) is 9.41. The van der Waals surface area contributed by atoms with Crippen molar-refractivity contribution in [3.05, 3.63) is 0 Å². The lowest BCUT2D eigenvalue weighted by Crippen LogP contribution is -2.41. The average molecular weight is 208 g/mol. The number of rotatable bonds is 2. The molecule has 0 aromatic heterocycles. The molecule has 1 aliphatic carbocycles. The lowest BCUT2D eigenvalue weighted by molar-refractivity contribution is 0.109. The molecule has 0 heterocycles. The summed E-state index contributed by atoms with van der Waals surface area (Å²) < 4.78 is 0. The highest BCUT2D eigenvalue weighted by Gasteiger charge is 2.44. The molecular weight excluding hydrogens is 192 g/mol. The fourth-order valence-corrected chi connectivity index (χ4v) is 2.38. The first kappa shape index (κ1) is 11.8. The second kappa shape index (κ2) is 4.09. The monoisotopic (exact) mass is 208 g/mol. The van der Waals surface area contributed by atoms with E-state index in [4.69, 9.17) is 0 Å². The Morgan fingerprint density at radius 2 is 1.67 bits per heavy atom. The van der Waals surface area contributed by atoms with E-state index in [9.17, 15) is 9.59 Å². The molecule has 0 radical (unpaired) electrons. The maximum atomic E-state index is 10.4. The molecular formula is C11H16N2O2. The van der Waals surface area contributed by atoms with Crippen molar-refractivity contribution in [2.45, 2.75) is 45.7 Å². The van der Waals surface area contributed by atoms with E-state index in [-0.39, 0.29) is 11.3 Å². The molecule has 0 amide bonds. The number of nitrogens with zero attached hydrogens (tertiary/aromatic N) is 2. The second-order valence-electron chi connectivity index (χ2n) is 5.05. The van der Waals surface area contributed by atoms with Crippen LogP contribution in [0.15, 0.2) is 9.98 Å². The van der Waals surface area contributed by atoms with Gasteiger partial charge in [0.1, 0.15) is 0 Å². The largest absolute Gasteiger partial charge is 0.237 e. The predicted molar refractivity (Wildman–Crippen MR) is 55.8 cm³/mol. The summed E-state index contributed by atoms with van der Waals surface area (Å²) in [5, 5.41) is 0. The Hall–Kier alpha value is -1.24. The van der Waals surface area contributed by atoms with E-state index in [1.165, 1.54) is 12.2 Å². The van der Waals surface area contributed by atoms with Crippen LogP contribution >= 0.6 is 0 Å². The Morgan fingerprint density at radius 1 is 1.13 bits per heavy atom. The third-order valence-electron chi connectivity index (χ3n) is 3.30. The minimum Gasteiger partial charge on any atom is -0.211 e. The zero-order chi connectivity index (χ0) is 11.5. The van der Waals surface area contributed by atoms with Crippen LogP contribution in [0.1, 0.15) is 40.0 Å². The van der Waals surface area contributed by atoms with Crippen molar-refractivity contribution in [3.8, 4) is 0 Å². The number of hydrogen-bond acceptors (Lipinski definition) is 4. The molecule has 0 aliphatic heterocycles. The molecule has 0 aromatic carbocycles. The summed E-state index contributed by atoms with van der Waals surface area (Å²) in [5.74, 6) is 0.0733. The molecule has 1 saturated carbocycles. The third-order valence-corrected chi connectivity index (χ3v) is 3.30. The van der Waals surface area contributed by atoms with Gasteiger partial charge in [-0.3, -0.25) is 0 Å². The first-order valence-electron chi connectivity index (χ1n) is 5.14. The van der Waals surface area contributed by atoms with E-state index in [0.717, 1.165) is 12.8 Å². The van der Waals surface area contributed by atoms with Crippen LogP contribution in [0.3, 0.4) is 0 Å². The molecule has 1 rings (SSSR count). The van der Waals surface area contributed by atoms with Crippen molar-refractivity contribution in [2.75, 3.05) is 0 Å². The van der Waals surface area contributed by atoms with Gasteiger partial charge in [0, 0.05) is 5.92 Å². The van der Waals surface area contributed by atoms with E-state index in [1.54, 1.807) is 0 Å². The van der Waals surface area contributed by atoms with E-state index in [2.05, 4.69) is 23.8 Å². The van der Waals surface area contributed by atoms with Crippen LogP contribution in [-0.2, 0) is 9.59 Å². The summed E-state index contributed by atoms with van der Waals surface area (Å²) in [5.41, 5.74) is -0.682. The second-order valence-corrected chi connectivity index (χ2v) is 5.05. The molecule has 82 valence electrons. The van der Waals surface area contributed by atoms with E-state index < -0.39 is 5.66 Å². The summed E-state index contributed by atoms with van der Waals surface area (Å²) in [7, 11) is 0. The highest BCUT2D eigenvalue weighted by atomic mass is 16.1. The predicted octanol–water partition coefficient (Wildman–Crippen LogP) is 2.20. The van der Waals surface area contributed by atoms with Gasteiger partial charge in [-0.15, -0.1) is 0 Å². The summed E-state index contributed by atoms with van der Waals surface area (Å²) in [4.78, 5) is 28.2. The Kier molecular flexibility index (Phi) is 3.23.